The predicted molar refractivity (Wildman–Crippen MR) is 67.2 cm³/mol. The minimum Gasteiger partial charge on any atom is -0.479 e. The van der Waals surface area contributed by atoms with Gasteiger partial charge in [-0.3, -0.25) is 0 Å². The highest BCUT2D eigenvalue weighted by Crippen LogP contribution is 2.34. The molecule has 0 fully saturated rings. The summed E-state index contributed by atoms with van der Waals surface area (Å²) in [6.45, 7) is 1.06. The van der Waals surface area contributed by atoms with Crippen LogP contribution in [-0.2, 0) is 16.1 Å². The summed E-state index contributed by atoms with van der Waals surface area (Å²) in [4.78, 5) is 11.1. The van der Waals surface area contributed by atoms with Crippen LogP contribution < -0.4 is 4.74 Å². The zero-order valence-electron chi connectivity index (χ0n) is 9.50. The molecule has 0 spiro atoms. The van der Waals surface area contributed by atoms with Gasteiger partial charge >= 0.3 is 5.97 Å². The van der Waals surface area contributed by atoms with Gasteiger partial charge in [0, 0.05) is 10.0 Å². The smallest absolute Gasteiger partial charge is 0.344 e. The largest absolute Gasteiger partial charge is 0.479 e. The van der Waals surface area contributed by atoms with E-state index in [0.29, 0.717) is 4.47 Å². The summed E-state index contributed by atoms with van der Waals surface area (Å²) in [5, 5.41) is 8.76. The van der Waals surface area contributed by atoms with Crippen molar-refractivity contribution >= 4 is 33.5 Å². The van der Waals surface area contributed by atoms with Crippen molar-refractivity contribution in [3.63, 3.8) is 0 Å². The van der Waals surface area contributed by atoms with Crippen LogP contribution in [0.4, 0.5) is 4.39 Å². The molecule has 0 aliphatic carbocycles. The maximum Gasteiger partial charge on any atom is 0.344 e. The Balaban J connectivity index is 2.88. The molecule has 7 heteroatoms. The Morgan fingerprint density at radius 3 is 2.83 bits per heavy atom. The van der Waals surface area contributed by atoms with Crippen molar-refractivity contribution in [1.29, 1.82) is 0 Å². The second kappa shape index (κ2) is 6.92. The Kier molecular flexibility index (Phi) is 5.84. The maximum absolute atomic E-state index is 13.7. The van der Waals surface area contributed by atoms with E-state index in [0.717, 1.165) is 0 Å². The molecule has 100 valence electrons. The maximum atomic E-state index is 13.7. The van der Waals surface area contributed by atoms with Gasteiger partial charge in [-0.15, -0.1) is 0 Å². The molecule has 0 saturated heterocycles. The first-order valence-electron chi connectivity index (χ1n) is 5.06. The number of hydrogen-bond donors (Lipinski definition) is 1. The molecule has 0 aromatic heterocycles. The lowest BCUT2D eigenvalue weighted by Gasteiger charge is -2.11. The molecule has 0 bridgehead atoms. The highest BCUT2D eigenvalue weighted by molar-refractivity contribution is 9.10. The number of ether oxygens (including phenoxy) is 2. The molecule has 0 aliphatic rings. The summed E-state index contributed by atoms with van der Waals surface area (Å²) in [6, 6.07) is 1.30. The van der Waals surface area contributed by atoms with Crippen LogP contribution in [0.1, 0.15) is 12.5 Å². The summed E-state index contributed by atoms with van der Waals surface area (Å²) >= 11 is 8.84. The van der Waals surface area contributed by atoms with E-state index in [4.69, 9.17) is 21.4 Å². The summed E-state index contributed by atoms with van der Waals surface area (Å²) in [6.07, 6.45) is 0. The Morgan fingerprint density at radius 2 is 2.28 bits per heavy atom. The molecule has 1 rings (SSSR count). The van der Waals surface area contributed by atoms with Crippen LogP contribution in [0, 0.1) is 5.82 Å². The van der Waals surface area contributed by atoms with Gasteiger partial charge in [0.05, 0.1) is 18.2 Å². The minimum absolute atomic E-state index is 0.183. The number of aliphatic hydroxyl groups excluding tert-OH is 1. The lowest BCUT2D eigenvalue weighted by Crippen LogP contribution is -2.15. The van der Waals surface area contributed by atoms with E-state index in [1.165, 1.54) is 6.07 Å². The van der Waals surface area contributed by atoms with Gasteiger partial charge in [0.15, 0.2) is 18.2 Å². The second-order valence-corrected chi connectivity index (χ2v) is 4.45. The van der Waals surface area contributed by atoms with E-state index in [-0.39, 0.29) is 22.9 Å². The Hall–Kier alpha value is -0.850. The molecule has 1 N–H and O–H groups in total. The summed E-state index contributed by atoms with van der Waals surface area (Å²) in [5.41, 5.74) is 0.220. The van der Waals surface area contributed by atoms with Gasteiger partial charge in [-0.25, -0.2) is 9.18 Å². The molecule has 0 amide bonds. The van der Waals surface area contributed by atoms with Crippen LogP contribution in [0.5, 0.6) is 5.75 Å². The van der Waals surface area contributed by atoms with Crippen molar-refractivity contribution in [3.8, 4) is 5.75 Å². The number of carbonyl (C=O) groups is 1. The van der Waals surface area contributed by atoms with E-state index in [9.17, 15) is 9.18 Å². The highest BCUT2D eigenvalue weighted by Gasteiger charge is 2.17. The highest BCUT2D eigenvalue weighted by atomic mass is 79.9. The Bertz CT molecular complexity index is 453. The van der Waals surface area contributed by atoms with Gasteiger partial charge < -0.3 is 14.6 Å². The van der Waals surface area contributed by atoms with E-state index < -0.39 is 25.0 Å². The second-order valence-electron chi connectivity index (χ2n) is 3.21. The van der Waals surface area contributed by atoms with Crippen LogP contribution in [0.15, 0.2) is 10.5 Å². The third-order valence-corrected chi connectivity index (χ3v) is 3.13. The zero-order valence-corrected chi connectivity index (χ0v) is 11.8. The normalized spacial score (nSPS) is 10.3. The lowest BCUT2D eigenvalue weighted by molar-refractivity contribution is -0.145. The van der Waals surface area contributed by atoms with Gasteiger partial charge in [0.25, 0.3) is 0 Å². The fourth-order valence-corrected chi connectivity index (χ4v) is 2.10. The minimum atomic E-state index is -0.826. The van der Waals surface area contributed by atoms with Gasteiger partial charge in [0.2, 0.25) is 0 Å². The topological polar surface area (TPSA) is 55.8 Å². The van der Waals surface area contributed by atoms with Crippen LogP contribution in [0.3, 0.4) is 0 Å². The average Bonchev–Trinajstić information content (AvgIpc) is 2.33. The standard InChI is InChI=1S/C11H11BrClFO4/c1-2-17-9(16)5-18-8-3-7(12)6(4-15)10(13)11(8)14/h3,15H,2,4-5H2,1H3. The third-order valence-electron chi connectivity index (χ3n) is 2.03. The fourth-order valence-electron chi connectivity index (χ4n) is 1.20. The van der Waals surface area contributed by atoms with Crippen molar-refractivity contribution in [2.45, 2.75) is 13.5 Å². The first kappa shape index (κ1) is 15.2. The monoisotopic (exact) mass is 340 g/mol. The number of benzene rings is 1. The van der Waals surface area contributed by atoms with E-state index in [1.54, 1.807) is 6.92 Å². The van der Waals surface area contributed by atoms with E-state index in [1.807, 2.05) is 0 Å². The summed E-state index contributed by atoms with van der Waals surface area (Å²) < 4.78 is 23.7. The molecular formula is C11H11BrClFO4. The van der Waals surface area contributed by atoms with Gasteiger partial charge in [0.1, 0.15) is 0 Å². The molecule has 1 aromatic carbocycles. The molecule has 0 heterocycles. The van der Waals surface area contributed by atoms with Crippen molar-refractivity contribution in [2.75, 3.05) is 13.2 Å². The molecular weight excluding hydrogens is 330 g/mol. The van der Waals surface area contributed by atoms with Crippen LogP contribution in [-0.4, -0.2) is 24.3 Å². The van der Waals surface area contributed by atoms with Crippen molar-refractivity contribution < 1.29 is 23.8 Å². The number of hydrogen-bond acceptors (Lipinski definition) is 4. The first-order valence-corrected chi connectivity index (χ1v) is 6.24. The number of carbonyl (C=O) groups excluding carboxylic acids is 1. The number of aliphatic hydroxyl groups is 1. The summed E-state index contributed by atoms with van der Waals surface area (Å²) in [7, 11) is 0. The molecule has 18 heavy (non-hydrogen) atoms. The lowest BCUT2D eigenvalue weighted by atomic mass is 10.2. The number of rotatable bonds is 5. The van der Waals surface area contributed by atoms with Gasteiger partial charge in [-0.05, 0) is 13.0 Å². The van der Waals surface area contributed by atoms with Crippen LogP contribution >= 0.6 is 27.5 Å². The predicted octanol–water partition coefficient (Wildman–Crippen LogP) is 2.68. The Morgan fingerprint density at radius 1 is 1.61 bits per heavy atom. The molecule has 0 radical (unpaired) electrons. The van der Waals surface area contributed by atoms with Crippen LogP contribution in [0.2, 0.25) is 5.02 Å². The van der Waals surface area contributed by atoms with Gasteiger partial charge in [-0.1, -0.05) is 27.5 Å². The van der Waals surface area contributed by atoms with Gasteiger partial charge in [-0.2, -0.15) is 0 Å². The van der Waals surface area contributed by atoms with Crippen molar-refractivity contribution in [2.24, 2.45) is 0 Å². The molecule has 0 atom stereocenters. The fraction of sp³-hybridized carbons (Fsp3) is 0.364. The van der Waals surface area contributed by atoms with E-state index in [2.05, 4.69) is 20.7 Å². The number of halogens is 3. The third kappa shape index (κ3) is 3.57. The molecule has 0 saturated carbocycles. The molecule has 0 unspecified atom stereocenters. The van der Waals surface area contributed by atoms with Crippen molar-refractivity contribution in [3.05, 3.63) is 26.9 Å². The summed E-state index contributed by atoms with van der Waals surface area (Å²) in [5.74, 6) is -1.61. The number of esters is 1. The zero-order chi connectivity index (χ0) is 13.7. The van der Waals surface area contributed by atoms with E-state index >= 15 is 0 Å². The molecule has 1 aromatic rings. The SMILES string of the molecule is CCOC(=O)COc1cc(Br)c(CO)c(Cl)c1F. The molecule has 0 aliphatic heterocycles. The van der Waals surface area contributed by atoms with Crippen LogP contribution in [0.25, 0.3) is 0 Å². The molecule has 4 nitrogen and oxygen atoms in total. The average molecular weight is 342 g/mol. The first-order chi connectivity index (χ1) is 8.51. The quantitative estimate of drug-likeness (QED) is 0.661. The Labute approximate surface area is 117 Å². The van der Waals surface area contributed by atoms with Crippen molar-refractivity contribution in [1.82, 2.24) is 0 Å².